The fourth-order valence-corrected chi connectivity index (χ4v) is 8.04. The van der Waals surface area contributed by atoms with Gasteiger partial charge in [0.15, 0.2) is 0 Å². The van der Waals surface area contributed by atoms with Crippen LogP contribution in [0.3, 0.4) is 0 Å². The van der Waals surface area contributed by atoms with E-state index >= 15 is 0 Å². The van der Waals surface area contributed by atoms with Crippen molar-refractivity contribution in [2.75, 3.05) is 33.4 Å². The quantitative estimate of drug-likeness (QED) is 0.312. The van der Waals surface area contributed by atoms with Gasteiger partial charge in [-0.3, -0.25) is 4.90 Å². The van der Waals surface area contributed by atoms with Crippen molar-refractivity contribution in [2.24, 2.45) is 0 Å². The van der Waals surface area contributed by atoms with Crippen molar-refractivity contribution in [1.82, 2.24) is 9.21 Å². The summed E-state index contributed by atoms with van der Waals surface area (Å²) in [6, 6.07) is 15.4. The third kappa shape index (κ3) is 5.55. The van der Waals surface area contributed by atoms with Crippen molar-refractivity contribution in [2.45, 2.75) is 55.8 Å². The minimum Gasteiger partial charge on any atom is -0.383 e. The maximum atomic E-state index is 14.0. The van der Waals surface area contributed by atoms with Gasteiger partial charge in [-0.1, -0.05) is 42.5 Å². The van der Waals surface area contributed by atoms with Gasteiger partial charge in [0.05, 0.1) is 17.1 Å². The zero-order valence-corrected chi connectivity index (χ0v) is 24.1. The van der Waals surface area contributed by atoms with Crippen molar-refractivity contribution in [3.8, 4) is 11.1 Å². The molecule has 0 aliphatic carbocycles. The van der Waals surface area contributed by atoms with Gasteiger partial charge in [-0.25, -0.2) is 12.8 Å². The second-order valence-electron chi connectivity index (χ2n) is 10.9. The summed E-state index contributed by atoms with van der Waals surface area (Å²) in [6.07, 6.45) is -3.52. The van der Waals surface area contributed by atoms with Crippen LogP contribution in [0.4, 0.5) is 17.6 Å². The number of fused-ring (bicyclic) bond motifs is 1. The van der Waals surface area contributed by atoms with Gasteiger partial charge in [0.25, 0.3) is 0 Å². The number of ether oxygens (including phenoxy) is 1. The molecule has 41 heavy (non-hydrogen) atoms. The Morgan fingerprint density at radius 3 is 2.29 bits per heavy atom. The summed E-state index contributed by atoms with van der Waals surface area (Å²) >= 11 is 0. The fourth-order valence-electron chi connectivity index (χ4n) is 6.33. The summed E-state index contributed by atoms with van der Waals surface area (Å²) in [5.41, 5.74) is 3.20. The molecule has 0 spiro atoms. The molecule has 220 valence electrons. The normalized spacial score (nSPS) is 22.5. The molecule has 0 amide bonds. The van der Waals surface area contributed by atoms with Gasteiger partial charge >= 0.3 is 6.18 Å². The lowest BCUT2D eigenvalue weighted by atomic mass is 9.74. The van der Waals surface area contributed by atoms with E-state index in [1.54, 1.807) is 20.1 Å². The van der Waals surface area contributed by atoms with Gasteiger partial charge in [0, 0.05) is 38.2 Å². The van der Waals surface area contributed by atoms with Crippen LogP contribution in [0.25, 0.3) is 11.1 Å². The molecule has 3 aromatic rings. The molecule has 0 bridgehead atoms. The van der Waals surface area contributed by atoms with Gasteiger partial charge in [-0.05, 0) is 79.3 Å². The average Bonchev–Trinajstić information content (AvgIpc) is 2.92. The van der Waals surface area contributed by atoms with E-state index in [4.69, 9.17) is 4.74 Å². The third-order valence-corrected chi connectivity index (χ3v) is 10.5. The molecule has 2 fully saturated rings. The summed E-state index contributed by atoms with van der Waals surface area (Å²) < 4.78 is 89.4. The lowest BCUT2D eigenvalue weighted by molar-refractivity contribution is -0.139. The Bertz CT molecular complexity index is 1510. The molecule has 2 saturated heterocycles. The molecule has 2 unspecified atom stereocenters. The van der Waals surface area contributed by atoms with Gasteiger partial charge in [-0.15, -0.1) is 0 Å². The molecule has 5 nitrogen and oxygen atoms in total. The monoisotopic (exact) mass is 590 g/mol. The van der Waals surface area contributed by atoms with E-state index in [0.29, 0.717) is 18.6 Å². The summed E-state index contributed by atoms with van der Waals surface area (Å²) in [5.74, 6) is -0.324. The Morgan fingerprint density at radius 2 is 1.61 bits per heavy atom. The predicted octanol–water partition coefficient (Wildman–Crippen LogP) is 6.40. The van der Waals surface area contributed by atoms with Crippen molar-refractivity contribution in [3.63, 3.8) is 0 Å². The Hall–Kier alpha value is -2.79. The first-order valence-corrected chi connectivity index (χ1v) is 15.2. The van der Waals surface area contributed by atoms with Crippen LogP contribution in [0.5, 0.6) is 0 Å². The molecule has 2 heterocycles. The van der Waals surface area contributed by atoms with Crippen LogP contribution in [0.1, 0.15) is 41.0 Å². The molecular formula is C31H34F4N2O3S. The summed E-state index contributed by atoms with van der Waals surface area (Å²) in [4.78, 5) is 1.52. The van der Waals surface area contributed by atoms with Crippen LogP contribution in [0, 0.1) is 19.7 Å². The third-order valence-electron chi connectivity index (χ3n) is 8.62. The number of methoxy groups -OCH3 is 1. The maximum absolute atomic E-state index is 14.0. The molecule has 0 saturated carbocycles. The highest BCUT2D eigenvalue weighted by Gasteiger charge is 2.51. The van der Waals surface area contributed by atoms with Crippen molar-refractivity contribution in [1.29, 1.82) is 0 Å². The second-order valence-corrected chi connectivity index (χ2v) is 12.8. The van der Waals surface area contributed by atoms with E-state index in [-0.39, 0.29) is 36.9 Å². The number of hydrogen-bond acceptors (Lipinski definition) is 4. The Labute approximate surface area is 238 Å². The van der Waals surface area contributed by atoms with E-state index in [0.717, 1.165) is 47.4 Å². The van der Waals surface area contributed by atoms with Crippen LogP contribution in [0.15, 0.2) is 65.6 Å². The number of rotatable bonds is 6. The van der Waals surface area contributed by atoms with Crippen LogP contribution < -0.4 is 0 Å². The fraction of sp³-hybridized carbons (Fsp3) is 0.419. The minimum absolute atomic E-state index is 0.00997. The van der Waals surface area contributed by atoms with Crippen LogP contribution >= 0.6 is 0 Å². The highest BCUT2D eigenvalue weighted by atomic mass is 32.2. The van der Waals surface area contributed by atoms with E-state index < -0.39 is 26.7 Å². The van der Waals surface area contributed by atoms with Gasteiger partial charge in [-0.2, -0.15) is 17.5 Å². The molecule has 3 aromatic carbocycles. The summed E-state index contributed by atoms with van der Waals surface area (Å²) in [7, 11) is -2.78. The van der Waals surface area contributed by atoms with E-state index in [9.17, 15) is 26.0 Å². The minimum atomic E-state index is -4.79. The van der Waals surface area contributed by atoms with E-state index in [1.165, 1.54) is 22.5 Å². The van der Waals surface area contributed by atoms with Crippen molar-refractivity contribution < 1.29 is 30.7 Å². The first-order chi connectivity index (χ1) is 19.4. The standard InChI is InChI=1S/C31H34F4N2O3S/c1-20-21(2)26(32)15-14-24(20)22-10-12-23(13-11-22)30-27-18-36(16-6-7-17-37(27)28(30)19-40-3)41(38,39)29-9-5-4-8-25(29)31(33,34)35/h4-5,8-15,27-28,30H,6-7,16-19H2,1-3H3/t27-,28?,30?/m0/s1. The van der Waals surface area contributed by atoms with Crippen molar-refractivity contribution in [3.05, 3.63) is 88.7 Å². The SMILES string of the molecule is COCC1C(c2ccc(-c3ccc(F)c(C)c3C)cc2)[C@@H]2CN(S(=O)(=O)c3ccccc3C(F)(F)F)CCCCN12. The number of hydrogen-bond donors (Lipinski definition) is 0. The summed E-state index contributed by atoms with van der Waals surface area (Å²) in [6.45, 7) is 5.08. The zero-order chi connectivity index (χ0) is 29.5. The Kier molecular flexibility index (Phi) is 8.31. The molecule has 0 N–H and O–H groups in total. The lowest BCUT2D eigenvalue weighted by Crippen LogP contribution is -2.68. The van der Waals surface area contributed by atoms with Crippen LogP contribution in [0.2, 0.25) is 0 Å². The first-order valence-electron chi connectivity index (χ1n) is 13.7. The van der Waals surface area contributed by atoms with Crippen molar-refractivity contribution >= 4 is 10.0 Å². The average molecular weight is 591 g/mol. The van der Waals surface area contributed by atoms with Gasteiger partial charge in [0.1, 0.15) is 5.82 Å². The number of nitrogens with zero attached hydrogens (tertiary/aromatic N) is 2. The van der Waals surface area contributed by atoms with Gasteiger partial charge < -0.3 is 4.74 Å². The molecular weight excluding hydrogens is 556 g/mol. The second kappa shape index (κ2) is 11.5. The lowest BCUT2D eigenvalue weighted by Gasteiger charge is -2.57. The topological polar surface area (TPSA) is 49.9 Å². The molecule has 10 heteroatoms. The van der Waals surface area contributed by atoms with Crippen LogP contribution in [-0.4, -0.2) is 63.1 Å². The predicted molar refractivity (Wildman–Crippen MR) is 150 cm³/mol. The molecule has 0 aromatic heterocycles. The Morgan fingerprint density at radius 1 is 0.927 bits per heavy atom. The Balaban J connectivity index is 1.47. The smallest absolute Gasteiger partial charge is 0.383 e. The van der Waals surface area contributed by atoms with Crippen LogP contribution in [-0.2, 0) is 20.9 Å². The number of sulfonamides is 1. The summed E-state index contributed by atoms with van der Waals surface area (Å²) in [5, 5.41) is 0. The molecule has 5 rings (SSSR count). The number of halogens is 4. The first kappa shape index (κ1) is 29.7. The van der Waals surface area contributed by atoms with Gasteiger partial charge in [0.2, 0.25) is 10.0 Å². The number of benzene rings is 3. The molecule has 2 aliphatic rings. The maximum Gasteiger partial charge on any atom is 0.417 e. The molecule has 2 aliphatic heterocycles. The van der Waals surface area contributed by atoms with E-state index in [2.05, 4.69) is 4.90 Å². The van der Waals surface area contributed by atoms with E-state index in [1.807, 2.05) is 31.2 Å². The highest BCUT2D eigenvalue weighted by molar-refractivity contribution is 7.89. The largest absolute Gasteiger partial charge is 0.417 e. The highest BCUT2D eigenvalue weighted by Crippen LogP contribution is 2.44. The molecule has 0 radical (unpaired) electrons. The zero-order valence-electron chi connectivity index (χ0n) is 23.3. The number of alkyl halides is 3. The molecule has 3 atom stereocenters.